The molecular formula is C34H38O6. The Hall–Kier alpha value is -4.00. The Kier molecular flexibility index (Phi) is 11.4. The standard InChI is InChI=1S/C34H38O6/c1-5-6-7-8-26-9-11-27(12-10-26)32-14-13-28(19-25(32)4)29-20-30(39-33(37)23(2)15-17-35)22-31(21-29)40-34(38)24(3)16-18-36/h9-14,19-22,35-36H,2-3,5-8,15-18H2,1,4H3. The first-order valence-electron chi connectivity index (χ1n) is 13.6. The molecule has 0 unspecified atom stereocenters. The number of hydrogen-bond donors (Lipinski definition) is 2. The number of benzene rings is 3. The van der Waals surface area contributed by atoms with Gasteiger partial charge in [-0.25, -0.2) is 9.59 Å². The van der Waals surface area contributed by atoms with Crippen LogP contribution in [0, 0.1) is 6.92 Å². The van der Waals surface area contributed by atoms with Gasteiger partial charge in [-0.1, -0.05) is 75.4 Å². The first-order valence-corrected chi connectivity index (χ1v) is 13.6. The van der Waals surface area contributed by atoms with Crippen molar-refractivity contribution in [1.29, 1.82) is 0 Å². The van der Waals surface area contributed by atoms with Gasteiger partial charge in [0, 0.05) is 43.3 Å². The van der Waals surface area contributed by atoms with Crippen molar-refractivity contribution in [3.8, 4) is 33.8 Å². The van der Waals surface area contributed by atoms with Crippen LogP contribution in [0.4, 0.5) is 0 Å². The van der Waals surface area contributed by atoms with E-state index in [2.05, 4.69) is 44.3 Å². The number of carbonyl (C=O) groups is 2. The second kappa shape index (κ2) is 15.0. The molecule has 0 aliphatic rings. The average Bonchev–Trinajstić information content (AvgIpc) is 2.93. The van der Waals surface area contributed by atoms with E-state index in [9.17, 15) is 9.59 Å². The van der Waals surface area contributed by atoms with Crippen molar-refractivity contribution in [2.45, 2.75) is 52.4 Å². The van der Waals surface area contributed by atoms with Crippen molar-refractivity contribution in [2.24, 2.45) is 0 Å². The van der Waals surface area contributed by atoms with E-state index in [4.69, 9.17) is 19.7 Å². The molecule has 6 heteroatoms. The largest absolute Gasteiger partial charge is 0.423 e. The van der Waals surface area contributed by atoms with Gasteiger partial charge in [0.2, 0.25) is 0 Å². The maximum atomic E-state index is 12.4. The van der Waals surface area contributed by atoms with Crippen LogP contribution in [-0.2, 0) is 16.0 Å². The summed E-state index contributed by atoms with van der Waals surface area (Å²) < 4.78 is 11.0. The lowest BCUT2D eigenvalue weighted by Crippen LogP contribution is -2.13. The Balaban J connectivity index is 1.91. The number of aryl methyl sites for hydroxylation is 2. The third kappa shape index (κ3) is 8.50. The van der Waals surface area contributed by atoms with E-state index in [1.807, 2.05) is 25.1 Å². The normalized spacial score (nSPS) is 10.7. The highest BCUT2D eigenvalue weighted by Crippen LogP contribution is 2.34. The zero-order chi connectivity index (χ0) is 29.1. The molecule has 0 atom stereocenters. The minimum atomic E-state index is -0.683. The minimum absolute atomic E-state index is 0.0850. The van der Waals surface area contributed by atoms with Crippen LogP contribution < -0.4 is 9.47 Å². The predicted octanol–water partition coefficient (Wildman–Crippen LogP) is 6.75. The Morgan fingerprint density at radius 2 is 1.27 bits per heavy atom. The van der Waals surface area contributed by atoms with Gasteiger partial charge < -0.3 is 19.7 Å². The molecule has 0 radical (unpaired) electrons. The molecule has 3 aromatic carbocycles. The number of unbranched alkanes of at least 4 members (excludes halogenated alkanes) is 2. The maximum Gasteiger partial charge on any atom is 0.338 e. The second-order valence-electron chi connectivity index (χ2n) is 9.81. The Morgan fingerprint density at radius 3 is 1.77 bits per heavy atom. The first-order chi connectivity index (χ1) is 19.2. The summed E-state index contributed by atoms with van der Waals surface area (Å²) in [7, 11) is 0. The number of esters is 2. The summed E-state index contributed by atoms with van der Waals surface area (Å²) in [5.74, 6) is -1.04. The molecule has 0 bridgehead atoms. The Labute approximate surface area is 236 Å². The lowest BCUT2D eigenvalue weighted by Gasteiger charge is -2.14. The molecule has 2 N–H and O–H groups in total. The van der Waals surface area contributed by atoms with E-state index in [0.29, 0.717) is 5.56 Å². The number of ether oxygens (including phenoxy) is 2. The van der Waals surface area contributed by atoms with Gasteiger partial charge in [0.25, 0.3) is 0 Å². The third-order valence-electron chi connectivity index (χ3n) is 6.60. The Morgan fingerprint density at radius 1 is 0.725 bits per heavy atom. The second-order valence-corrected chi connectivity index (χ2v) is 9.81. The number of aliphatic hydroxyl groups excluding tert-OH is 2. The van der Waals surface area contributed by atoms with Crippen LogP contribution in [0.3, 0.4) is 0 Å². The van der Waals surface area contributed by atoms with Crippen molar-refractivity contribution >= 4 is 11.9 Å². The molecule has 210 valence electrons. The molecule has 40 heavy (non-hydrogen) atoms. The number of aliphatic hydroxyl groups is 2. The van der Waals surface area contributed by atoms with E-state index >= 15 is 0 Å². The van der Waals surface area contributed by atoms with Gasteiger partial charge in [0.1, 0.15) is 11.5 Å². The summed E-state index contributed by atoms with van der Waals surface area (Å²) in [6, 6.07) is 19.5. The quantitative estimate of drug-likeness (QED) is 0.101. The van der Waals surface area contributed by atoms with Crippen LogP contribution in [-0.4, -0.2) is 35.4 Å². The van der Waals surface area contributed by atoms with Crippen LogP contribution in [0.1, 0.15) is 50.2 Å². The van der Waals surface area contributed by atoms with Crippen LogP contribution in [0.2, 0.25) is 0 Å². The van der Waals surface area contributed by atoms with Crippen LogP contribution in [0.25, 0.3) is 22.3 Å². The fourth-order valence-corrected chi connectivity index (χ4v) is 4.29. The molecule has 0 saturated carbocycles. The molecule has 3 aromatic rings. The van der Waals surface area contributed by atoms with E-state index in [1.54, 1.807) is 12.1 Å². The zero-order valence-electron chi connectivity index (χ0n) is 23.4. The van der Waals surface area contributed by atoms with E-state index in [-0.39, 0.29) is 48.7 Å². The van der Waals surface area contributed by atoms with Gasteiger partial charge in [-0.15, -0.1) is 0 Å². The van der Waals surface area contributed by atoms with Crippen LogP contribution >= 0.6 is 0 Å². The van der Waals surface area contributed by atoms with Gasteiger partial charge in [-0.2, -0.15) is 0 Å². The highest BCUT2D eigenvalue weighted by molar-refractivity contribution is 5.91. The maximum absolute atomic E-state index is 12.4. The van der Waals surface area contributed by atoms with E-state index in [0.717, 1.165) is 28.7 Å². The first kappa shape index (κ1) is 30.5. The molecule has 0 aromatic heterocycles. The molecular weight excluding hydrogens is 504 g/mol. The van der Waals surface area contributed by atoms with Crippen molar-refractivity contribution in [1.82, 2.24) is 0 Å². The highest BCUT2D eigenvalue weighted by Gasteiger charge is 2.16. The molecule has 0 aliphatic carbocycles. The summed E-state index contributed by atoms with van der Waals surface area (Å²) in [5, 5.41) is 18.2. The molecule has 0 saturated heterocycles. The number of carbonyl (C=O) groups excluding carboxylic acids is 2. The molecule has 0 amide bonds. The number of hydrogen-bond acceptors (Lipinski definition) is 6. The lowest BCUT2D eigenvalue weighted by atomic mass is 9.94. The molecule has 6 nitrogen and oxygen atoms in total. The van der Waals surface area contributed by atoms with Crippen molar-refractivity contribution in [3.63, 3.8) is 0 Å². The van der Waals surface area contributed by atoms with Crippen molar-refractivity contribution in [2.75, 3.05) is 13.2 Å². The highest BCUT2D eigenvalue weighted by atomic mass is 16.5. The summed E-state index contributed by atoms with van der Waals surface area (Å²) in [5.41, 5.74) is 6.40. The van der Waals surface area contributed by atoms with Gasteiger partial charge in [-0.05, 0) is 65.3 Å². The molecule has 3 rings (SSSR count). The van der Waals surface area contributed by atoms with Gasteiger partial charge in [-0.3, -0.25) is 0 Å². The SMILES string of the molecule is C=C(CCO)C(=O)Oc1cc(OC(=O)C(=C)CCO)cc(-c2ccc(-c3ccc(CCCCC)cc3)c(C)c2)c1. The fraction of sp³-hybridized carbons (Fsp3) is 0.294. The van der Waals surface area contributed by atoms with Crippen LogP contribution in [0.15, 0.2) is 85.0 Å². The molecule has 0 aliphatic heterocycles. The molecule has 0 heterocycles. The lowest BCUT2D eigenvalue weighted by molar-refractivity contribution is -0.130. The van der Waals surface area contributed by atoms with Crippen LogP contribution in [0.5, 0.6) is 11.5 Å². The molecule has 0 fully saturated rings. The summed E-state index contributed by atoms with van der Waals surface area (Å²) in [6.45, 7) is 11.1. The zero-order valence-corrected chi connectivity index (χ0v) is 23.4. The predicted molar refractivity (Wildman–Crippen MR) is 158 cm³/mol. The summed E-state index contributed by atoms with van der Waals surface area (Å²) in [6.07, 6.45) is 4.89. The van der Waals surface area contributed by atoms with E-state index in [1.165, 1.54) is 30.9 Å². The summed E-state index contributed by atoms with van der Waals surface area (Å²) in [4.78, 5) is 24.9. The smallest absolute Gasteiger partial charge is 0.338 e. The van der Waals surface area contributed by atoms with Gasteiger partial charge in [0.15, 0.2) is 0 Å². The fourth-order valence-electron chi connectivity index (χ4n) is 4.29. The van der Waals surface area contributed by atoms with Gasteiger partial charge >= 0.3 is 11.9 Å². The minimum Gasteiger partial charge on any atom is -0.423 e. The van der Waals surface area contributed by atoms with Gasteiger partial charge in [0.05, 0.1) is 0 Å². The third-order valence-corrected chi connectivity index (χ3v) is 6.60. The number of rotatable bonds is 14. The summed E-state index contributed by atoms with van der Waals surface area (Å²) >= 11 is 0. The van der Waals surface area contributed by atoms with Crippen molar-refractivity contribution < 1.29 is 29.3 Å². The van der Waals surface area contributed by atoms with Crippen molar-refractivity contribution in [3.05, 3.63) is 96.1 Å². The Bertz CT molecular complexity index is 1300. The van der Waals surface area contributed by atoms with E-state index < -0.39 is 11.9 Å². The average molecular weight is 543 g/mol. The topological polar surface area (TPSA) is 93.1 Å². The molecule has 0 spiro atoms. The monoisotopic (exact) mass is 542 g/mol.